The van der Waals surface area contributed by atoms with E-state index in [9.17, 15) is 9.59 Å². The molecule has 0 bridgehead atoms. The van der Waals surface area contributed by atoms with E-state index < -0.39 is 11.5 Å². The van der Waals surface area contributed by atoms with Gasteiger partial charge in [0.15, 0.2) is 0 Å². The van der Waals surface area contributed by atoms with Gasteiger partial charge in [0.05, 0.1) is 6.54 Å². The lowest BCUT2D eigenvalue weighted by molar-refractivity contribution is 0.0693. The van der Waals surface area contributed by atoms with Gasteiger partial charge in [-0.2, -0.15) is 0 Å². The second-order valence-corrected chi connectivity index (χ2v) is 5.27. The molecule has 0 saturated carbocycles. The molecule has 0 atom stereocenters. The number of rotatable bonds is 5. The number of hydrogen-bond acceptors (Lipinski definition) is 3. The topological polar surface area (TPSA) is 68.5 Å². The normalized spacial score (nSPS) is 10.5. The summed E-state index contributed by atoms with van der Waals surface area (Å²) in [4.78, 5) is 23.2. The molecule has 0 unspecified atom stereocenters. The highest BCUT2D eigenvalue weighted by Crippen LogP contribution is 2.16. The Labute approximate surface area is 128 Å². The third-order valence-corrected chi connectivity index (χ3v) is 3.67. The van der Waals surface area contributed by atoms with Crippen molar-refractivity contribution in [2.75, 3.05) is 6.61 Å². The first-order chi connectivity index (χ1) is 10.4. The van der Waals surface area contributed by atoms with Crippen LogP contribution in [0.15, 0.2) is 35.3 Å². The second kappa shape index (κ2) is 6.47. The van der Waals surface area contributed by atoms with Gasteiger partial charge in [0, 0.05) is 6.20 Å². The SMILES string of the molecule is Cc1ccc(OCCn2ccc(C)c(C(=O)O)c2=O)cc1C. The summed E-state index contributed by atoms with van der Waals surface area (Å²) in [5, 5.41) is 9.09. The molecule has 0 fully saturated rings. The largest absolute Gasteiger partial charge is 0.492 e. The van der Waals surface area contributed by atoms with Gasteiger partial charge in [0.2, 0.25) is 0 Å². The van der Waals surface area contributed by atoms with Crippen LogP contribution in [0.1, 0.15) is 27.0 Å². The number of nitrogens with zero attached hydrogens (tertiary/aromatic N) is 1. The van der Waals surface area contributed by atoms with Crippen LogP contribution in [0.5, 0.6) is 5.75 Å². The average molecular weight is 301 g/mol. The number of carbonyl (C=O) groups is 1. The second-order valence-electron chi connectivity index (χ2n) is 5.27. The number of ether oxygens (including phenoxy) is 1. The van der Waals surface area contributed by atoms with Crippen LogP contribution in [0, 0.1) is 20.8 Å². The lowest BCUT2D eigenvalue weighted by Gasteiger charge is -2.11. The summed E-state index contributed by atoms with van der Waals surface area (Å²) < 4.78 is 6.98. The number of benzene rings is 1. The number of aromatic carboxylic acids is 1. The van der Waals surface area contributed by atoms with Crippen LogP contribution in [0.3, 0.4) is 0 Å². The fourth-order valence-corrected chi connectivity index (χ4v) is 2.17. The van der Waals surface area contributed by atoms with Crippen LogP contribution < -0.4 is 10.3 Å². The van der Waals surface area contributed by atoms with Crippen molar-refractivity contribution >= 4 is 5.97 Å². The summed E-state index contributed by atoms with van der Waals surface area (Å²) in [6, 6.07) is 7.42. The quantitative estimate of drug-likeness (QED) is 0.921. The number of aromatic nitrogens is 1. The lowest BCUT2D eigenvalue weighted by Crippen LogP contribution is -2.28. The zero-order chi connectivity index (χ0) is 16.3. The van der Waals surface area contributed by atoms with Crippen molar-refractivity contribution in [3.05, 3.63) is 63.1 Å². The molecule has 1 aromatic heterocycles. The number of aryl methyl sites for hydroxylation is 3. The van der Waals surface area contributed by atoms with Crippen LogP contribution in [0.25, 0.3) is 0 Å². The zero-order valence-electron chi connectivity index (χ0n) is 12.9. The van der Waals surface area contributed by atoms with Crippen molar-refractivity contribution in [1.29, 1.82) is 0 Å². The molecule has 0 aliphatic carbocycles. The van der Waals surface area contributed by atoms with Crippen molar-refractivity contribution < 1.29 is 14.6 Å². The first-order valence-electron chi connectivity index (χ1n) is 7.03. The van der Waals surface area contributed by atoms with E-state index in [2.05, 4.69) is 0 Å². The van der Waals surface area contributed by atoms with E-state index in [1.807, 2.05) is 32.0 Å². The molecule has 1 aromatic carbocycles. The van der Waals surface area contributed by atoms with E-state index in [-0.39, 0.29) is 5.56 Å². The first-order valence-corrected chi connectivity index (χ1v) is 7.03. The van der Waals surface area contributed by atoms with Crippen LogP contribution >= 0.6 is 0 Å². The predicted molar refractivity (Wildman–Crippen MR) is 83.8 cm³/mol. The number of pyridine rings is 1. The van der Waals surface area contributed by atoms with E-state index in [0.717, 1.165) is 11.3 Å². The predicted octanol–water partition coefficient (Wildman–Crippen LogP) is 2.55. The van der Waals surface area contributed by atoms with Gasteiger partial charge in [-0.15, -0.1) is 0 Å². The van der Waals surface area contributed by atoms with Gasteiger partial charge in [0.1, 0.15) is 17.9 Å². The molecule has 0 radical (unpaired) electrons. The maximum absolute atomic E-state index is 12.1. The van der Waals surface area contributed by atoms with Crippen LogP contribution in [0.2, 0.25) is 0 Å². The highest BCUT2D eigenvalue weighted by molar-refractivity contribution is 5.88. The van der Waals surface area contributed by atoms with Gasteiger partial charge in [-0.1, -0.05) is 6.07 Å². The summed E-state index contributed by atoms with van der Waals surface area (Å²) in [5.41, 5.74) is 2.10. The van der Waals surface area contributed by atoms with Gasteiger partial charge in [-0.3, -0.25) is 4.79 Å². The molecule has 2 aromatic rings. The first kappa shape index (κ1) is 15.8. The van der Waals surface area contributed by atoms with Gasteiger partial charge < -0.3 is 14.4 Å². The highest BCUT2D eigenvalue weighted by Gasteiger charge is 2.14. The Balaban J connectivity index is 2.09. The molecule has 1 heterocycles. The van der Waals surface area contributed by atoms with E-state index >= 15 is 0 Å². The summed E-state index contributed by atoms with van der Waals surface area (Å²) >= 11 is 0. The molecule has 2 rings (SSSR count). The van der Waals surface area contributed by atoms with Crippen molar-refractivity contribution in [2.45, 2.75) is 27.3 Å². The van der Waals surface area contributed by atoms with E-state index in [1.165, 1.54) is 10.1 Å². The Morgan fingerprint density at radius 2 is 1.86 bits per heavy atom. The van der Waals surface area contributed by atoms with Gasteiger partial charge >= 0.3 is 5.97 Å². The highest BCUT2D eigenvalue weighted by atomic mass is 16.5. The molecular formula is C17H19NO4. The maximum atomic E-state index is 12.1. The lowest BCUT2D eigenvalue weighted by atomic mass is 10.1. The fourth-order valence-electron chi connectivity index (χ4n) is 2.17. The number of hydrogen-bond donors (Lipinski definition) is 1. The average Bonchev–Trinajstić information content (AvgIpc) is 2.45. The van der Waals surface area contributed by atoms with Gasteiger partial charge in [-0.05, 0) is 55.7 Å². The third-order valence-electron chi connectivity index (χ3n) is 3.67. The molecular weight excluding hydrogens is 282 g/mol. The molecule has 5 nitrogen and oxygen atoms in total. The Bertz CT molecular complexity index is 762. The standard InChI is InChI=1S/C17H19NO4/c1-11-4-5-14(10-13(11)3)22-9-8-18-7-6-12(2)15(16(18)19)17(20)21/h4-7,10H,8-9H2,1-3H3,(H,20,21). The monoisotopic (exact) mass is 301 g/mol. The van der Waals surface area contributed by atoms with Crippen molar-refractivity contribution in [3.8, 4) is 5.75 Å². The molecule has 5 heteroatoms. The third kappa shape index (κ3) is 3.36. The van der Waals surface area contributed by atoms with Crippen molar-refractivity contribution in [1.82, 2.24) is 4.57 Å². The van der Waals surface area contributed by atoms with Crippen LogP contribution in [-0.2, 0) is 6.54 Å². The Morgan fingerprint density at radius 1 is 1.14 bits per heavy atom. The Hall–Kier alpha value is -2.56. The summed E-state index contributed by atoms with van der Waals surface area (Å²) in [6.45, 7) is 6.24. The summed E-state index contributed by atoms with van der Waals surface area (Å²) in [5.74, 6) is -0.464. The smallest absolute Gasteiger partial charge is 0.341 e. The molecule has 116 valence electrons. The molecule has 0 spiro atoms. The van der Waals surface area contributed by atoms with Gasteiger partial charge in [0.25, 0.3) is 5.56 Å². The Morgan fingerprint density at radius 3 is 2.50 bits per heavy atom. The van der Waals surface area contributed by atoms with Crippen LogP contribution in [0.4, 0.5) is 0 Å². The molecule has 0 amide bonds. The summed E-state index contributed by atoms with van der Waals surface area (Å²) in [6.07, 6.45) is 1.59. The minimum Gasteiger partial charge on any atom is -0.492 e. The molecule has 0 aliphatic rings. The molecule has 0 saturated heterocycles. The van der Waals surface area contributed by atoms with Gasteiger partial charge in [-0.25, -0.2) is 4.79 Å². The van der Waals surface area contributed by atoms with E-state index in [1.54, 1.807) is 19.2 Å². The Kier molecular flexibility index (Phi) is 4.65. The molecule has 22 heavy (non-hydrogen) atoms. The van der Waals surface area contributed by atoms with Crippen molar-refractivity contribution in [3.63, 3.8) is 0 Å². The minimum absolute atomic E-state index is 0.186. The minimum atomic E-state index is -1.20. The zero-order valence-corrected chi connectivity index (χ0v) is 12.9. The maximum Gasteiger partial charge on any atom is 0.341 e. The molecule has 1 N–H and O–H groups in total. The van der Waals surface area contributed by atoms with Crippen LogP contribution in [-0.4, -0.2) is 22.2 Å². The number of carboxylic acids is 1. The number of carboxylic acid groups (broad SMARTS) is 1. The van der Waals surface area contributed by atoms with E-state index in [4.69, 9.17) is 9.84 Å². The fraction of sp³-hybridized carbons (Fsp3) is 0.294. The molecule has 0 aliphatic heterocycles. The van der Waals surface area contributed by atoms with E-state index in [0.29, 0.717) is 18.7 Å². The summed E-state index contributed by atoms with van der Waals surface area (Å²) in [7, 11) is 0. The van der Waals surface area contributed by atoms with Crippen molar-refractivity contribution in [2.24, 2.45) is 0 Å².